The van der Waals surface area contributed by atoms with Gasteiger partial charge in [-0.1, -0.05) is 45.0 Å². The van der Waals surface area contributed by atoms with E-state index in [1.54, 1.807) is 0 Å². The summed E-state index contributed by atoms with van der Waals surface area (Å²) in [6, 6.07) is 9.84. The third-order valence-electron chi connectivity index (χ3n) is 5.36. The minimum Gasteiger partial charge on any atom is -0.310 e. The molecule has 0 bridgehead atoms. The van der Waals surface area contributed by atoms with Crippen LogP contribution in [0.15, 0.2) is 24.3 Å². The first kappa shape index (κ1) is 16.5. The Hall–Kier alpha value is -0.860. The SMILES string of the molecule is CCc1ccc(CN2CC(CC)(CC)NCCC2C)cc1. The molecule has 21 heavy (non-hydrogen) atoms. The molecule has 1 saturated heterocycles. The summed E-state index contributed by atoms with van der Waals surface area (Å²) >= 11 is 0. The summed E-state index contributed by atoms with van der Waals surface area (Å²) in [6.45, 7) is 12.6. The van der Waals surface area contributed by atoms with Crippen LogP contribution in [0.3, 0.4) is 0 Å². The Balaban J connectivity index is 2.10. The van der Waals surface area contributed by atoms with Gasteiger partial charge in [0.1, 0.15) is 0 Å². The predicted molar refractivity (Wildman–Crippen MR) is 91.6 cm³/mol. The predicted octanol–water partition coefficient (Wildman–Crippen LogP) is 3.99. The van der Waals surface area contributed by atoms with Crippen molar-refractivity contribution in [3.63, 3.8) is 0 Å². The van der Waals surface area contributed by atoms with Crippen molar-refractivity contribution in [2.45, 2.75) is 71.5 Å². The van der Waals surface area contributed by atoms with Crippen LogP contribution in [0.2, 0.25) is 0 Å². The molecule has 0 spiro atoms. The molecular weight excluding hydrogens is 256 g/mol. The molecule has 0 aliphatic carbocycles. The highest BCUT2D eigenvalue weighted by molar-refractivity contribution is 5.22. The molecule has 1 heterocycles. The van der Waals surface area contributed by atoms with Crippen LogP contribution in [0, 0.1) is 0 Å². The fraction of sp³-hybridized carbons (Fsp3) is 0.684. The number of benzene rings is 1. The van der Waals surface area contributed by atoms with Crippen LogP contribution in [0.4, 0.5) is 0 Å². The smallest absolute Gasteiger partial charge is 0.0303 e. The van der Waals surface area contributed by atoms with Crippen molar-refractivity contribution in [1.29, 1.82) is 0 Å². The van der Waals surface area contributed by atoms with Gasteiger partial charge < -0.3 is 5.32 Å². The van der Waals surface area contributed by atoms with E-state index in [4.69, 9.17) is 0 Å². The summed E-state index contributed by atoms with van der Waals surface area (Å²) in [7, 11) is 0. The van der Waals surface area contributed by atoms with Crippen LogP contribution in [0.25, 0.3) is 0 Å². The topological polar surface area (TPSA) is 15.3 Å². The van der Waals surface area contributed by atoms with Crippen molar-refractivity contribution in [1.82, 2.24) is 10.2 Å². The highest BCUT2D eigenvalue weighted by atomic mass is 15.2. The molecular formula is C19H32N2. The van der Waals surface area contributed by atoms with Gasteiger partial charge in [-0.05, 0) is 50.3 Å². The number of nitrogens with zero attached hydrogens (tertiary/aromatic N) is 1. The van der Waals surface area contributed by atoms with Gasteiger partial charge in [-0.15, -0.1) is 0 Å². The maximum Gasteiger partial charge on any atom is 0.0303 e. The molecule has 0 saturated carbocycles. The summed E-state index contributed by atoms with van der Waals surface area (Å²) in [6.07, 6.45) is 4.79. The Bertz CT molecular complexity index is 420. The van der Waals surface area contributed by atoms with Gasteiger partial charge in [0.05, 0.1) is 0 Å². The van der Waals surface area contributed by atoms with Crippen molar-refractivity contribution in [3.8, 4) is 0 Å². The van der Waals surface area contributed by atoms with Crippen LogP contribution in [-0.2, 0) is 13.0 Å². The summed E-state index contributed by atoms with van der Waals surface area (Å²) in [4.78, 5) is 2.67. The number of hydrogen-bond donors (Lipinski definition) is 1. The lowest BCUT2D eigenvalue weighted by molar-refractivity contribution is 0.152. The van der Waals surface area contributed by atoms with E-state index >= 15 is 0 Å². The molecule has 0 amide bonds. The maximum absolute atomic E-state index is 3.82. The number of hydrogen-bond acceptors (Lipinski definition) is 2. The van der Waals surface area contributed by atoms with Crippen LogP contribution in [0.1, 0.15) is 58.1 Å². The van der Waals surface area contributed by atoms with Gasteiger partial charge in [-0.2, -0.15) is 0 Å². The lowest BCUT2D eigenvalue weighted by Crippen LogP contribution is -2.51. The first-order valence-electron chi connectivity index (χ1n) is 8.69. The normalized spacial score (nSPS) is 23.0. The minimum absolute atomic E-state index is 0.300. The zero-order valence-corrected chi connectivity index (χ0v) is 14.3. The Morgan fingerprint density at radius 3 is 2.29 bits per heavy atom. The quantitative estimate of drug-likeness (QED) is 0.881. The van der Waals surface area contributed by atoms with Gasteiger partial charge >= 0.3 is 0 Å². The van der Waals surface area contributed by atoms with Gasteiger partial charge in [-0.25, -0.2) is 0 Å². The highest BCUT2D eigenvalue weighted by Crippen LogP contribution is 2.24. The summed E-state index contributed by atoms with van der Waals surface area (Å²) in [5, 5.41) is 3.82. The van der Waals surface area contributed by atoms with Crippen LogP contribution >= 0.6 is 0 Å². The monoisotopic (exact) mass is 288 g/mol. The summed E-state index contributed by atoms with van der Waals surface area (Å²) in [5.41, 5.74) is 3.18. The molecule has 1 unspecified atom stereocenters. The molecule has 1 aromatic rings. The molecule has 2 heteroatoms. The number of rotatable bonds is 5. The molecule has 1 aliphatic rings. The standard InChI is InChI=1S/C19H32N2/c1-5-17-8-10-18(11-9-17)14-21-15-19(6-2,7-3)20-13-12-16(21)4/h8-11,16,20H,5-7,12-15H2,1-4H3. The van der Waals surface area contributed by atoms with E-state index in [9.17, 15) is 0 Å². The van der Waals surface area contributed by atoms with E-state index in [0.717, 1.165) is 26.1 Å². The molecule has 0 radical (unpaired) electrons. The summed E-state index contributed by atoms with van der Waals surface area (Å²) in [5.74, 6) is 0. The van der Waals surface area contributed by atoms with E-state index < -0.39 is 0 Å². The molecule has 2 rings (SSSR count). The van der Waals surface area contributed by atoms with E-state index in [0.29, 0.717) is 11.6 Å². The maximum atomic E-state index is 3.82. The molecule has 1 aliphatic heterocycles. The van der Waals surface area contributed by atoms with Crippen molar-refractivity contribution in [2.75, 3.05) is 13.1 Å². The highest BCUT2D eigenvalue weighted by Gasteiger charge is 2.32. The van der Waals surface area contributed by atoms with E-state index in [2.05, 4.69) is 62.2 Å². The van der Waals surface area contributed by atoms with E-state index in [1.807, 2.05) is 0 Å². The van der Waals surface area contributed by atoms with Crippen molar-refractivity contribution in [2.24, 2.45) is 0 Å². The molecule has 1 aromatic carbocycles. The van der Waals surface area contributed by atoms with Gasteiger partial charge in [0, 0.05) is 24.7 Å². The van der Waals surface area contributed by atoms with Gasteiger partial charge in [0.2, 0.25) is 0 Å². The van der Waals surface area contributed by atoms with E-state index in [-0.39, 0.29) is 0 Å². The minimum atomic E-state index is 0.300. The average Bonchev–Trinajstić information content (AvgIpc) is 2.68. The zero-order chi connectivity index (χ0) is 15.3. The lowest BCUT2D eigenvalue weighted by atomic mass is 9.92. The van der Waals surface area contributed by atoms with Crippen LogP contribution in [-0.4, -0.2) is 29.6 Å². The Morgan fingerprint density at radius 1 is 1.10 bits per heavy atom. The van der Waals surface area contributed by atoms with Gasteiger partial charge in [0.15, 0.2) is 0 Å². The van der Waals surface area contributed by atoms with Crippen molar-refractivity contribution < 1.29 is 0 Å². The Kier molecular flexibility index (Phi) is 5.83. The zero-order valence-electron chi connectivity index (χ0n) is 14.3. The average molecular weight is 288 g/mol. The second-order valence-corrected chi connectivity index (χ2v) is 6.63. The second-order valence-electron chi connectivity index (χ2n) is 6.63. The largest absolute Gasteiger partial charge is 0.310 e. The van der Waals surface area contributed by atoms with Gasteiger partial charge in [-0.3, -0.25) is 4.90 Å². The van der Waals surface area contributed by atoms with Crippen LogP contribution in [0.5, 0.6) is 0 Å². The first-order valence-corrected chi connectivity index (χ1v) is 8.69. The van der Waals surface area contributed by atoms with Crippen LogP contribution < -0.4 is 5.32 Å². The number of aryl methyl sites for hydroxylation is 1. The Labute approximate surface area is 130 Å². The van der Waals surface area contributed by atoms with Crippen molar-refractivity contribution in [3.05, 3.63) is 35.4 Å². The third kappa shape index (κ3) is 4.08. The summed E-state index contributed by atoms with van der Waals surface area (Å²) < 4.78 is 0. The number of nitrogens with one attached hydrogen (secondary N) is 1. The third-order valence-corrected chi connectivity index (χ3v) is 5.36. The fourth-order valence-electron chi connectivity index (χ4n) is 3.38. The molecule has 1 fully saturated rings. The first-order chi connectivity index (χ1) is 10.1. The molecule has 1 atom stereocenters. The molecule has 2 nitrogen and oxygen atoms in total. The molecule has 1 N–H and O–H groups in total. The van der Waals surface area contributed by atoms with E-state index in [1.165, 1.54) is 30.4 Å². The second kappa shape index (κ2) is 7.42. The Morgan fingerprint density at radius 2 is 1.71 bits per heavy atom. The lowest BCUT2D eigenvalue weighted by Gasteiger charge is -2.37. The van der Waals surface area contributed by atoms with Crippen molar-refractivity contribution >= 4 is 0 Å². The molecule has 118 valence electrons. The van der Waals surface area contributed by atoms with Gasteiger partial charge in [0.25, 0.3) is 0 Å². The molecule has 0 aromatic heterocycles. The fourth-order valence-corrected chi connectivity index (χ4v) is 3.38.